The molecule has 0 amide bonds. The molecule has 80 valence electrons. The minimum Gasteiger partial charge on any atom is -0.311 e. The van der Waals surface area contributed by atoms with E-state index < -0.39 is 0 Å². The van der Waals surface area contributed by atoms with E-state index in [0.29, 0.717) is 0 Å². The van der Waals surface area contributed by atoms with Gasteiger partial charge in [-0.1, -0.05) is 23.8 Å². The van der Waals surface area contributed by atoms with Crippen molar-refractivity contribution >= 4 is 0 Å². The van der Waals surface area contributed by atoms with Crippen molar-refractivity contribution in [2.75, 3.05) is 0 Å². The minimum absolute atomic E-state index is 0.743. The highest BCUT2D eigenvalue weighted by atomic mass is 15.0. The molecule has 2 aliphatic carbocycles. The zero-order valence-electron chi connectivity index (χ0n) is 9.42. The lowest BCUT2D eigenvalue weighted by Gasteiger charge is -2.26. The number of hydrogen-bond donors (Lipinski definition) is 1. The van der Waals surface area contributed by atoms with E-state index in [4.69, 9.17) is 0 Å². The van der Waals surface area contributed by atoms with Gasteiger partial charge in [0.1, 0.15) is 0 Å². The molecule has 0 aliphatic heterocycles. The third kappa shape index (κ3) is 2.07. The van der Waals surface area contributed by atoms with Crippen LogP contribution >= 0.6 is 0 Å². The zero-order valence-corrected chi connectivity index (χ0v) is 9.42. The summed E-state index contributed by atoms with van der Waals surface area (Å²) in [7, 11) is 0. The van der Waals surface area contributed by atoms with Gasteiger partial charge in [0.25, 0.3) is 0 Å². The van der Waals surface area contributed by atoms with Crippen LogP contribution in [-0.2, 0) is 12.8 Å². The van der Waals surface area contributed by atoms with Gasteiger partial charge in [-0.25, -0.2) is 0 Å². The molecule has 1 N–H and O–H groups in total. The Kier molecular flexibility index (Phi) is 2.28. The number of hydrogen-bond acceptors (Lipinski definition) is 1. The maximum absolute atomic E-state index is 3.75. The molecule has 0 aromatic heterocycles. The fraction of sp³-hybridized carbons (Fsp3) is 0.571. The minimum atomic E-state index is 0.743. The monoisotopic (exact) mass is 201 g/mol. The summed E-state index contributed by atoms with van der Waals surface area (Å²) in [5, 5.41) is 3.75. The highest BCUT2D eigenvalue weighted by molar-refractivity contribution is 5.34. The van der Waals surface area contributed by atoms with Gasteiger partial charge in [0, 0.05) is 12.1 Å². The third-order valence-electron chi connectivity index (χ3n) is 3.64. The van der Waals surface area contributed by atoms with Crippen LogP contribution in [0.4, 0.5) is 0 Å². The number of fused-ring (bicyclic) bond motifs is 1. The van der Waals surface area contributed by atoms with Crippen molar-refractivity contribution in [1.29, 1.82) is 0 Å². The second-order valence-electron chi connectivity index (χ2n) is 5.15. The second kappa shape index (κ2) is 3.64. The SMILES string of the molecule is Cc1ccc2c(c1)CCC(NC1CC1)C2. The number of nitrogens with one attached hydrogen (secondary N) is 1. The average Bonchev–Trinajstić information content (AvgIpc) is 3.02. The first-order valence-electron chi connectivity index (χ1n) is 6.16. The summed E-state index contributed by atoms with van der Waals surface area (Å²) in [6.45, 7) is 2.19. The first-order chi connectivity index (χ1) is 7.31. The van der Waals surface area contributed by atoms with Gasteiger partial charge in [0.2, 0.25) is 0 Å². The Bertz CT molecular complexity index is 366. The molecule has 15 heavy (non-hydrogen) atoms. The molecule has 1 heteroatoms. The van der Waals surface area contributed by atoms with Crippen LogP contribution in [-0.4, -0.2) is 12.1 Å². The van der Waals surface area contributed by atoms with Crippen molar-refractivity contribution in [3.63, 3.8) is 0 Å². The molecule has 1 atom stereocenters. The van der Waals surface area contributed by atoms with Gasteiger partial charge in [-0.05, 0) is 50.2 Å². The summed E-state index contributed by atoms with van der Waals surface area (Å²) in [5.74, 6) is 0. The fourth-order valence-electron chi connectivity index (χ4n) is 2.61. The van der Waals surface area contributed by atoms with Crippen molar-refractivity contribution in [2.45, 2.75) is 51.1 Å². The summed E-state index contributed by atoms with van der Waals surface area (Å²) in [6.07, 6.45) is 6.63. The predicted octanol–water partition coefficient (Wildman–Crippen LogP) is 2.60. The van der Waals surface area contributed by atoms with Crippen molar-refractivity contribution < 1.29 is 0 Å². The van der Waals surface area contributed by atoms with Crippen molar-refractivity contribution in [3.05, 3.63) is 34.9 Å². The largest absolute Gasteiger partial charge is 0.311 e. The Morgan fingerprint density at radius 1 is 1.07 bits per heavy atom. The van der Waals surface area contributed by atoms with Gasteiger partial charge in [-0.15, -0.1) is 0 Å². The number of aryl methyl sites for hydroxylation is 2. The lowest BCUT2D eigenvalue weighted by atomic mass is 9.87. The molecule has 0 saturated heterocycles. The van der Waals surface area contributed by atoms with E-state index in [-0.39, 0.29) is 0 Å². The highest BCUT2D eigenvalue weighted by Gasteiger charge is 2.26. The Balaban J connectivity index is 1.74. The van der Waals surface area contributed by atoms with Gasteiger partial charge in [-0.3, -0.25) is 0 Å². The molecule has 0 spiro atoms. The molecular weight excluding hydrogens is 182 g/mol. The zero-order chi connectivity index (χ0) is 10.3. The quantitative estimate of drug-likeness (QED) is 0.775. The Labute approximate surface area is 91.9 Å². The van der Waals surface area contributed by atoms with E-state index >= 15 is 0 Å². The maximum atomic E-state index is 3.75. The second-order valence-corrected chi connectivity index (χ2v) is 5.15. The number of rotatable bonds is 2. The lowest BCUT2D eigenvalue weighted by Crippen LogP contribution is -2.35. The van der Waals surface area contributed by atoms with Crippen LogP contribution in [0, 0.1) is 6.92 Å². The van der Waals surface area contributed by atoms with Crippen molar-refractivity contribution in [3.8, 4) is 0 Å². The van der Waals surface area contributed by atoms with Crippen LogP contribution in [0.1, 0.15) is 36.0 Å². The third-order valence-corrected chi connectivity index (χ3v) is 3.64. The van der Waals surface area contributed by atoms with E-state index in [1.165, 1.54) is 37.7 Å². The molecule has 1 aromatic carbocycles. The molecule has 3 rings (SSSR count). The topological polar surface area (TPSA) is 12.0 Å². The van der Waals surface area contributed by atoms with E-state index in [0.717, 1.165) is 12.1 Å². The van der Waals surface area contributed by atoms with Crippen molar-refractivity contribution in [2.24, 2.45) is 0 Å². The molecule has 1 aromatic rings. The summed E-state index contributed by atoms with van der Waals surface area (Å²) >= 11 is 0. The van der Waals surface area contributed by atoms with Crippen molar-refractivity contribution in [1.82, 2.24) is 5.32 Å². The van der Waals surface area contributed by atoms with Gasteiger partial charge in [0.15, 0.2) is 0 Å². The van der Waals surface area contributed by atoms with Crippen LogP contribution in [0.5, 0.6) is 0 Å². The standard InChI is InChI=1S/C14H19N/c1-10-2-3-12-9-14(15-13-6-7-13)5-4-11(12)8-10/h2-3,8,13-15H,4-7,9H2,1H3. The molecule has 0 bridgehead atoms. The maximum Gasteiger partial charge on any atom is 0.0113 e. The van der Waals surface area contributed by atoms with E-state index in [1.807, 2.05) is 0 Å². The smallest absolute Gasteiger partial charge is 0.0113 e. The number of benzene rings is 1. The molecule has 0 heterocycles. The molecular formula is C14H19N. The van der Waals surface area contributed by atoms with Gasteiger partial charge < -0.3 is 5.32 Å². The van der Waals surface area contributed by atoms with Gasteiger partial charge in [0.05, 0.1) is 0 Å². The fourth-order valence-corrected chi connectivity index (χ4v) is 2.61. The summed E-state index contributed by atoms with van der Waals surface area (Å²) < 4.78 is 0. The summed E-state index contributed by atoms with van der Waals surface area (Å²) in [4.78, 5) is 0. The van der Waals surface area contributed by atoms with Crippen LogP contribution in [0.3, 0.4) is 0 Å². The normalized spacial score (nSPS) is 25.0. The average molecular weight is 201 g/mol. The van der Waals surface area contributed by atoms with Gasteiger partial charge in [-0.2, -0.15) is 0 Å². The molecule has 2 aliphatic rings. The van der Waals surface area contributed by atoms with Crippen LogP contribution in [0.2, 0.25) is 0 Å². The lowest BCUT2D eigenvalue weighted by molar-refractivity contribution is 0.456. The first kappa shape index (κ1) is 9.41. The first-order valence-corrected chi connectivity index (χ1v) is 6.16. The Morgan fingerprint density at radius 3 is 2.73 bits per heavy atom. The van der Waals surface area contributed by atoms with E-state index in [2.05, 4.69) is 30.4 Å². The van der Waals surface area contributed by atoms with E-state index in [9.17, 15) is 0 Å². The molecule has 0 radical (unpaired) electrons. The summed E-state index contributed by atoms with van der Waals surface area (Å²) in [6, 6.07) is 8.53. The molecule has 1 nitrogen and oxygen atoms in total. The van der Waals surface area contributed by atoms with Gasteiger partial charge >= 0.3 is 0 Å². The van der Waals surface area contributed by atoms with Crippen LogP contribution in [0.25, 0.3) is 0 Å². The highest BCUT2D eigenvalue weighted by Crippen LogP contribution is 2.26. The molecule has 1 fully saturated rings. The van der Waals surface area contributed by atoms with Crippen LogP contribution in [0.15, 0.2) is 18.2 Å². The van der Waals surface area contributed by atoms with E-state index in [1.54, 1.807) is 11.1 Å². The Hall–Kier alpha value is -0.820. The molecule has 1 saturated carbocycles. The molecule has 1 unspecified atom stereocenters. The van der Waals surface area contributed by atoms with Crippen LogP contribution < -0.4 is 5.32 Å². The summed E-state index contributed by atoms with van der Waals surface area (Å²) in [5.41, 5.74) is 4.57. The predicted molar refractivity (Wildman–Crippen MR) is 63.1 cm³/mol. The Morgan fingerprint density at radius 2 is 1.93 bits per heavy atom.